The molecular formula is C19H20O4. The van der Waals surface area contributed by atoms with E-state index in [1.54, 1.807) is 21.3 Å². The summed E-state index contributed by atoms with van der Waals surface area (Å²) in [6, 6.07) is 11.2. The van der Waals surface area contributed by atoms with Gasteiger partial charge in [-0.15, -0.1) is 0 Å². The number of hydrogen-bond acceptors (Lipinski definition) is 4. The molecule has 0 aliphatic heterocycles. The number of rotatable bonds is 5. The highest BCUT2D eigenvalue weighted by Gasteiger charge is 2.05. The lowest BCUT2D eigenvalue weighted by atomic mass is 10.1. The molecule has 0 spiro atoms. The van der Waals surface area contributed by atoms with Gasteiger partial charge < -0.3 is 18.9 Å². The molecule has 0 aliphatic rings. The van der Waals surface area contributed by atoms with Crippen LogP contribution < -0.4 is 18.9 Å². The highest BCUT2D eigenvalue weighted by atomic mass is 16.5. The Bertz CT molecular complexity index is 726. The smallest absolute Gasteiger partial charge is 0.161 e. The molecule has 0 saturated heterocycles. The molecule has 0 saturated carbocycles. The molecule has 120 valence electrons. The average molecular weight is 312 g/mol. The first-order chi connectivity index (χ1) is 11.2. The molecular weight excluding hydrogens is 292 g/mol. The maximum absolute atomic E-state index is 5.50. The summed E-state index contributed by atoms with van der Waals surface area (Å²) in [5, 5.41) is 0. The van der Waals surface area contributed by atoms with Gasteiger partial charge in [0.1, 0.15) is 0 Å². The minimum absolute atomic E-state index is 0.590. The minimum Gasteiger partial charge on any atom is -0.493 e. The largest absolute Gasteiger partial charge is 0.493 e. The van der Waals surface area contributed by atoms with E-state index in [-0.39, 0.29) is 0 Å². The van der Waals surface area contributed by atoms with Gasteiger partial charge in [-0.3, -0.25) is 0 Å². The second kappa shape index (κ2) is 8.00. The third-order valence-electron chi connectivity index (χ3n) is 3.20. The molecule has 0 radical (unpaired) electrons. The molecule has 0 fully saturated rings. The maximum Gasteiger partial charge on any atom is 0.161 e. The van der Waals surface area contributed by atoms with E-state index in [2.05, 4.69) is 11.8 Å². The monoisotopic (exact) mass is 312 g/mol. The van der Waals surface area contributed by atoms with Gasteiger partial charge in [0.2, 0.25) is 0 Å². The van der Waals surface area contributed by atoms with Crippen LogP contribution in [0.2, 0.25) is 0 Å². The van der Waals surface area contributed by atoms with Crippen molar-refractivity contribution in [3.05, 3.63) is 47.5 Å². The van der Waals surface area contributed by atoms with Crippen molar-refractivity contribution in [3.8, 4) is 34.8 Å². The molecule has 0 heterocycles. The summed E-state index contributed by atoms with van der Waals surface area (Å²) < 4.78 is 21.3. The molecule has 2 rings (SSSR count). The van der Waals surface area contributed by atoms with Crippen molar-refractivity contribution in [2.45, 2.75) is 6.92 Å². The van der Waals surface area contributed by atoms with Gasteiger partial charge in [-0.25, -0.2) is 0 Å². The Morgan fingerprint density at radius 3 is 1.65 bits per heavy atom. The summed E-state index contributed by atoms with van der Waals surface area (Å²) in [5.74, 6) is 8.94. The first-order valence-electron chi connectivity index (χ1n) is 7.26. The fraction of sp³-hybridized carbons (Fsp3) is 0.263. The zero-order valence-corrected chi connectivity index (χ0v) is 13.8. The van der Waals surface area contributed by atoms with Gasteiger partial charge in [0.05, 0.1) is 27.9 Å². The SMILES string of the molecule is CCOc1ccc(C#Cc2ccc(OC)c(OC)c2)cc1OC. The average Bonchev–Trinajstić information content (AvgIpc) is 2.60. The Hall–Kier alpha value is -2.80. The molecule has 0 aliphatic carbocycles. The van der Waals surface area contributed by atoms with Crippen LogP contribution in [0.5, 0.6) is 23.0 Å². The van der Waals surface area contributed by atoms with Crippen molar-refractivity contribution in [2.75, 3.05) is 27.9 Å². The van der Waals surface area contributed by atoms with Crippen LogP contribution in [0.25, 0.3) is 0 Å². The van der Waals surface area contributed by atoms with Crippen LogP contribution in [-0.4, -0.2) is 27.9 Å². The fourth-order valence-electron chi connectivity index (χ4n) is 2.08. The predicted octanol–water partition coefficient (Wildman–Crippen LogP) is 3.51. The first-order valence-corrected chi connectivity index (χ1v) is 7.26. The van der Waals surface area contributed by atoms with E-state index in [4.69, 9.17) is 18.9 Å². The summed E-state index contributed by atoms with van der Waals surface area (Å²) in [6.07, 6.45) is 0. The standard InChI is InChI=1S/C19H20O4/c1-5-23-17-11-9-15(13-19(17)22-4)7-6-14-8-10-16(20-2)18(12-14)21-3/h8-13H,5H2,1-4H3. The zero-order chi connectivity index (χ0) is 16.7. The Kier molecular flexibility index (Phi) is 5.76. The van der Waals surface area contributed by atoms with Gasteiger partial charge in [0.15, 0.2) is 23.0 Å². The Morgan fingerprint density at radius 1 is 0.696 bits per heavy atom. The zero-order valence-electron chi connectivity index (χ0n) is 13.8. The lowest BCUT2D eigenvalue weighted by molar-refractivity contribution is 0.311. The third kappa shape index (κ3) is 4.10. The van der Waals surface area contributed by atoms with E-state index >= 15 is 0 Å². The minimum atomic E-state index is 0.590. The van der Waals surface area contributed by atoms with E-state index in [0.717, 1.165) is 11.1 Å². The van der Waals surface area contributed by atoms with Crippen LogP contribution in [-0.2, 0) is 0 Å². The molecule has 2 aromatic carbocycles. The molecule has 0 amide bonds. The fourth-order valence-corrected chi connectivity index (χ4v) is 2.08. The van der Waals surface area contributed by atoms with Crippen molar-refractivity contribution in [1.82, 2.24) is 0 Å². The molecule has 0 aromatic heterocycles. The van der Waals surface area contributed by atoms with E-state index < -0.39 is 0 Å². The summed E-state index contributed by atoms with van der Waals surface area (Å²) in [5.41, 5.74) is 1.69. The van der Waals surface area contributed by atoms with E-state index in [0.29, 0.717) is 29.6 Å². The van der Waals surface area contributed by atoms with Gasteiger partial charge >= 0.3 is 0 Å². The van der Waals surface area contributed by atoms with Gasteiger partial charge in [0, 0.05) is 11.1 Å². The topological polar surface area (TPSA) is 36.9 Å². The molecule has 0 bridgehead atoms. The lowest BCUT2D eigenvalue weighted by Gasteiger charge is -2.09. The molecule has 0 unspecified atom stereocenters. The summed E-state index contributed by atoms with van der Waals surface area (Å²) in [7, 11) is 4.82. The second-order valence-corrected chi connectivity index (χ2v) is 4.62. The highest BCUT2D eigenvalue weighted by Crippen LogP contribution is 2.28. The third-order valence-corrected chi connectivity index (χ3v) is 3.20. The van der Waals surface area contributed by atoms with Gasteiger partial charge in [-0.05, 0) is 43.3 Å². The summed E-state index contributed by atoms with van der Waals surface area (Å²) >= 11 is 0. The lowest BCUT2D eigenvalue weighted by Crippen LogP contribution is -1.95. The number of methoxy groups -OCH3 is 3. The highest BCUT2D eigenvalue weighted by molar-refractivity contribution is 5.53. The van der Waals surface area contributed by atoms with Crippen molar-refractivity contribution in [2.24, 2.45) is 0 Å². The molecule has 0 atom stereocenters. The summed E-state index contributed by atoms with van der Waals surface area (Å²) in [4.78, 5) is 0. The van der Waals surface area contributed by atoms with Crippen LogP contribution in [0.3, 0.4) is 0 Å². The number of hydrogen-bond donors (Lipinski definition) is 0. The van der Waals surface area contributed by atoms with Crippen LogP contribution in [0, 0.1) is 11.8 Å². The van der Waals surface area contributed by atoms with Crippen LogP contribution in [0.1, 0.15) is 18.1 Å². The Balaban J connectivity index is 2.28. The normalized spacial score (nSPS) is 9.57. The molecule has 2 aromatic rings. The van der Waals surface area contributed by atoms with E-state index in [1.807, 2.05) is 43.3 Å². The second-order valence-electron chi connectivity index (χ2n) is 4.62. The number of benzene rings is 2. The molecule has 23 heavy (non-hydrogen) atoms. The van der Waals surface area contributed by atoms with Gasteiger partial charge in [0.25, 0.3) is 0 Å². The number of ether oxygens (including phenoxy) is 4. The van der Waals surface area contributed by atoms with E-state index in [1.165, 1.54) is 0 Å². The molecule has 4 nitrogen and oxygen atoms in total. The van der Waals surface area contributed by atoms with E-state index in [9.17, 15) is 0 Å². The quantitative estimate of drug-likeness (QED) is 0.792. The van der Waals surface area contributed by atoms with Crippen molar-refractivity contribution >= 4 is 0 Å². The Morgan fingerprint density at radius 2 is 1.17 bits per heavy atom. The van der Waals surface area contributed by atoms with Crippen LogP contribution >= 0.6 is 0 Å². The van der Waals surface area contributed by atoms with Gasteiger partial charge in [-0.2, -0.15) is 0 Å². The summed E-state index contributed by atoms with van der Waals surface area (Å²) in [6.45, 7) is 2.53. The van der Waals surface area contributed by atoms with Crippen molar-refractivity contribution in [1.29, 1.82) is 0 Å². The molecule has 0 N–H and O–H groups in total. The molecule has 4 heteroatoms. The predicted molar refractivity (Wildman–Crippen MR) is 89.7 cm³/mol. The van der Waals surface area contributed by atoms with Crippen LogP contribution in [0.4, 0.5) is 0 Å². The Labute approximate surface area is 136 Å². The van der Waals surface area contributed by atoms with Crippen molar-refractivity contribution < 1.29 is 18.9 Å². The van der Waals surface area contributed by atoms with Gasteiger partial charge in [-0.1, -0.05) is 11.8 Å². The first kappa shape index (κ1) is 16.6. The maximum atomic E-state index is 5.50. The van der Waals surface area contributed by atoms with Crippen LogP contribution in [0.15, 0.2) is 36.4 Å². The van der Waals surface area contributed by atoms with Crippen molar-refractivity contribution in [3.63, 3.8) is 0 Å².